The summed E-state index contributed by atoms with van der Waals surface area (Å²) in [5.41, 5.74) is 3.18. The summed E-state index contributed by atoms with van der Waals surface area (Å²) >= 11 is 2.23. The topological polar surface area (TPSA) is 17.1 Å². The van der Waals surface area contributed by atoms with Crippen LogP contribution in [0.4, 0.5) is 0 Å². The van der Waals surface area contributed by atoms with Crippen molar-refractivity contribution < 1.29 is 4.79 Å². The molecule has 19 heavy (non-hydrogen) atoms. The smallest absolute Gasteiger partial charge is 0.167 e. The molecule has 0 spiro atoms. The van der Waals surface area contributed by atoms with Gasteiger partial charge in [0.05, 0.1) is 0 Å². The zero-order valence-corrected chi connectivity index (χ0v) is 13.3. The van der Waals surface area contributed by atoms with E-state index in [2.05, 4.69) is 60.7 Å². The van der Waals surface area contributed by atoms with E-state index < -0.39 is 0 Å². The van der Waals surface area contributed by atoms with Crippen LogP contribution in [0.2, 0.25) is 0 Å². The van der Waals surface area contributed by atoms with Crippen LogP contribution in [0.1, 0.15) is 41.3 Å². The van der Waals surface area contributed by atoms with Crippen LogP contribution in [0.15, 0.2) is 48.5 Å². The number of rotatable bonds is 4. The van der Waals surface area contributed by atoms with Crippen molar-refractivity contribution >= 4 is 28.4 Å². The summed E-state index contributed by atoms with van der Waals surface area (Å²) in [4.78, 5) is 12.2. The molecule has 98 valence electrons. The quantitative estimate of drug-likeness (QED) is 0.561. The third-order valence-electron chi connectivity index (χ3n) is 3.16. The zero-order valence-electron chi connectivity index (χ0n) is 11.2. The maximum absolute atomic E-state index is 12.2. The van der Waals surface area contributed by atoms with Crippen molar-refractivity contribution in [3.63, 3.8) is 0 Å². The fourth-order valence-corrected chi connectivity index (χ4v) is 2.51. The SMILES string of the molecule is CC(C)c1ccc(CC(=O)c2cccc(I)c2)cc1. The first-order chi connectivity index (χ1) is 9.06. The van der Waals surface area contributed by atoms with E-state index >= 15 is 0 Å². The van der Waals surface area contributed by atoms with Gasteiger partial charge in [0.2, 0.25) is 0 Å². The van der Waals surface area contributed by atoms with Crippen molar-refractivity contribution in [1.29, 1.82) is 0 Å². The lowest BCUT2D eigenvalue weighted by Gasteiger charge is -2.07. The Kier molecular flexibility index (Phi) is 4.75. The number of benzene rings is 2. The lowest BCUT2D eigenvalue weighted by atomic mass is 9.98. The Morgan fingerprint density at radius 3 is 2.37 bits per heavy atom. The lowest BCUT2D eigenvalue weighted by molar-refractivity contribution is 0.0993. The second kappa shape index (κ2) is 6.33. The third-order valence-corrected chi connectivity index (χ3v) is 3.83. The van der Waals surface area contributed by atoms with Gasteiger partial charge in [-0.1, -0.05) is 50.2 Å². The van der Waals surface area contributed by atoms with Crippen molar-refractivity contribution in [2.75, 3.05) is 0 Å². The van der Waals surface area contributed by atoms with Crippen LogP contribution in [0.5, 0.6) is 0 Å². The first-order valence-electron chi connectivity index (χ1n) is 6.44. The molecule has 2 heteroatoms. The van der Waals surface area contributed by atoms with Crippen molar-refractivity contribution in [3.05, 3.63) is 68.8 Å². The van der Waals surface area contributed by atoms with Gasteiger partial charge in [-0.05, 0) is 51.8 Å². The van der Waals surface area contributed by atoms with E-state index in [4.69, 9.17) is 0 Å². The molecular weight excluding hydrogens is 347 g/mol. The summed E-state index contributed by atoms with van der Waals surface area (Å²) in [7, 11) is 0. The number of halogens is 1. The molecule has 0 bridgehead atoms. The molecule has 0 saturated carbocycles. The largest absolute Gasteiger partial charge is 0.294 e. The summed E-state index contributed by atoms with van der Waals surface area (Å²) < 4.78 is 1.10. The molecule has 2 aromatic rings. The molecule has 0 aromatic heterocycles. The predicted molar refractivity (Wildman–Crippen MR) is 87.7 cm³/mol. The Morgan fingerprint density at radius 2 is 1.79 bits per heavy atom. The Morgan fingerprint density at radius 1 is 1.11 bits per heavy atom. The average molecular weight is 364 g/mol. The second-order valence-electron chi connectivity index (χ2n) is 5.01. The molecule has 0 atom stereocenters. The van der Waals surface area contributed by atoms with E-state index in [1.165, 1.54) is 5.56 Å². The van der Waals surface area contributed by atoms with E-state index in [-0.39, 0.29) is 5.78 Å². The normalized spacial score (nSPS) is 10.7. The highest BCUT2D eigenvalue weighted by molar-refractivity contribution is 14.1. The van der Waals surface area contributed by atoms with E-state index in [1.54, 1.807) is 0 Å². The monoisotopic (exact) mass is 364 g/mol. The minimum Gasteiger partial charge on any atom is -0.294 e. The summed E-state index contributed by atoms with van der Waals surface area (Å²) in [5.74, 6) is 0.705. The van der Waals surface area contributed by atoms with E-state index in [9.17, 15) is 4.79 Å². The minimum atomic E-state index is 0.177. The molecule has 0 fully saturated rings. The first kappa shape index (κ1) is 14.3. The lowest BCUT2D eigenvalue weighted by Crippen LogP contribution is -2.03. The van der Waals surface area contributed by atoms with Crippen molar-refractivity contribution in [3.8, 4) is 0 Å². The van der Waals surface area contributed by atoms with Crippen LogP contribution < -0.4 is 0 Å². The number of carbonyl (C=O) groups is 1. The van der Waals surface area contributed by atoms with Gasteiger partial charge in [-0.25, -0.2) is 0 Å². The predicted octanol–water partition coefficient (Wildman–Crippen LogP) is 4.84. The Balaban J connectivity index is 2.10. The second-order valence-corrected chi connectivity index (χ2v) is 6.25. The zero-order chi connectivity index (χ0) is 13.8. The molecule has 0 saturated heterocycles. The molecule has 1 nitrogen and oxygen atoms in total. The highest BCUT2D eigenvalue weighted by Gasteiger charge is 2.07. The van der Waals surface area contributed by atoms with Gasteiger partial charge in [0, 0.05) is 15.6 Å². The van der Waals surface area contributed by atoms with Crippen LogP contribution in [0, 0.1) is 3.57 Å². The summed E-state index contributed by atoms with van der Waals surface area (Å²) in [5, 5.41) is 0. The maximum Gasteiger partial charge on any atom is 0.167 e. The number of hydrogen-bond acceptors (Lipinski definition) is 1. The Hall–Kier alpha value is -1.16. The molecule has 0 amide bonds. The highest BCUT2D eigenvalue weighted by Crippen LogP contribution is 2.16. The van der Waals surface area contributed by atoms with E-state index in [1.807, 2.05) is 24.3 Å². The highest BCUT2D eigenvalue weighted by atomic mass is 127. The van der Waals surface area contributed by atoms with Gasteiger partial charge >= 0.3 is 0 Å². The van der Waals surface area contributed by atoms with E-state index in [0.717, 1.165) is 14.7 Å². The molecular formula is C17H17IO. The number of hydrogen-bond donors (Lipinski definition) is 0. The van der Waals surface area contributed by atoms with Crippen molar-refractivity contribution in [2.24, 2.45) is 0 Å². The van der Waals surface area contributed by atoms with Crippen LogP contribution in [0.25, 0.3) is 0 Å². The van der Waals surface area contributed by atoms with Gasteiger partial charge < -0.3 is 0 Å². The molecule has 0 radical (unpaired) electrons. The number of carbonyl (C=O) groups excluding carboxylic acids is 1. The molecule has 2 rings (SSSR count). The Labute approximate surface area is 128 Å². The minimum absolute atomic E-state index is 0.177. The van der Waals surface area contributed by atoms with Gasteiger partial charge in [0.15, 0.2) is 5.78 Å². The van der Waals surface area contributed by atoms with E-state index in [0.29, 0.717) is 12.3 Å². The van der Waals surface area contributed by atoms with Crippen molar-refractivity contribution in [1.82, 2.24) is 0 Å². The molecule has 0 unspecified atom stereocenters. The van der Waals surface area contributed by atoms with Gasteiger partial charge in [-0.15, -0.1) is 0 Å². The molecule has 0 N–H and O–H groups in total. The fraction of sp³-hybridized carbons (Fsp3) is 0.235. The van der Waals surface area contributed by atoms with Crippen LogP contribution >= 0.6 is 22.6 Å². The fourth-order valence-electron chi connectivity index (χ4n) is 1.97. The number of Topliss-reactive ketones (excluding diaryl/α,β-unsaturated/α-hetero) is 1. The molecule has 0 aliphatic carbocycles. The molecule has 2 aromatic carbocycles. The summed E-state index contributed by atoms with van der Waals surface area (Å²) in [6.07, 6.45) is 0.471. The molecule has 0 aliphatic heterocycles. The van der Waals surface area contributed by atoms with Crippen LogP contribution in [-0.4, -0.2) is 5.78 Å². The summed E-state index contributed by atoms with van der Waals surface area (Å²) in [6.45, 7) is 4.35. The standard InChI is InChI=1S/C17H17IO/c1-12(2)14-8-6-13(7-9-14)10-17(19)15-4-3-5-16(18)11-15/h3-9,11-12H,10H2,1-2H3. The van der Waals surface area contributed by atoms with Crippen LogP contribution in [-0.2, 0) is 6.42 Å². The van der Waals surface area contributed by atoms with Crippen molar-refractivity contribution in [2.45, 2.75) is 26.2 Å². The average Bonchev–Trinajstić information content (AvgIpc) is 2.39. The first-order valence-corrected chi connectivity index (χ1v) is 7.52. The van der Waals surface area contributed by atoms with Gasteiger partial charge in [-0.2, -0.15) is 0 Å². The summed E-state index contributed by atoms with van der Waals surface area (Å²) in [6, 6.07) is 16.1. The molecule has 0 heterocycles. The third kappa shape index (κ3) is 3.90. The van der Waals surface area contributed by atoms with Gasteiger partial charge in [-0.3, -0.25) is 4.79 Å². The Bertz CT molecular complexity index is 570. The van der Waals surface area contributed by atoms with Gasteiger partial charge in [0.1, 0.15) is 0 Å². The number of ketones is 1. The molecule has 0 aliphatic rings. The maximum atomic E-state index is 12.2. The van der Waals surface area contributed by atoms with Gasteiger partial charge in [0.25, 0.3) is 0 Å². The van der Waals surface area contributed by atoms with Crippen LogP contribution in [0.3, 0.4) is 0 Å².